The van der Waals surface area contributed by atoms with Gasteiger partial charge in [0.2, 0.25) is 5.60 Å². The minimum atomic E-state index is -1.80. The van der Waals surface area contributed by atoms with Gasteiger partial charge in [-0.15, -0.1) is 0 Å². The molecule has 2 N–H and O–H groups in total. The van der Waals surface area contributed by atoms with Crippen molar-refractivity contribution in [3.05, 3.63) is 71.8 Å². The summed E-state index contributed by atoms with van der Waals surface area (Å²) in [5.41, 5.74) is -0.794. The summed E-state index contributed by atoms with van der Waals surface area (Å²) < 4.78 is 10.8. The third kappa shape index (κ3) is 4.62. The Kier molecular flexibility index (Phi) is 7.60. The highest BCUT2D eigenvalue weighted by atomic mass is 35.5. The van der Waals surface area contributed by atoms with E-state index in [1.165, 1.54) is 4.90 Å². The second kappa shape index (κ2) is 9.69. The van der Waals surface area contributed by atoms with Gasteiger partial charge in [-0.25, -0.2) is 4.79 Å². The van der Waals surface area contributed by atoms with Gasteiger partial charge in [0.05, 0.1) is 13.2 Å². The van der Waals surface area contributed by atoms with Crippen molar-refractivity contribution in [3.63, 3.8) is 0 Å². The van der Waals surface area contributed by atoms with Crippen molar-refractivity contribution in [2.45, 2.75) is 5.60 Å². The molecule has 5 nitrogen and oxygen atoms in total. The van der Waals surface area contributed by atoms with Gasteiger partial charge in [0.15, 0.2) is 0 Å². The first-order valence-corrected chi connectivity index (χ1v) is 8.63. The first-order valence-electron chi connectivity index (χ1n) is 8.63. The Morgan fingerprint density at radius 2 is 1.50 bits per heavy atom. The van der Waals surface area contributed by atoms with Crippen molar-refractivity contribution in [1.82, 2.24) is 0 Å². The van der Waals surface area contributed by atoms with Crippen LogP contribution in [0.4, 0.5) is 0 Å². The average Bonchev–Trinajstić information content (AvgIpc) is 2.69. The zero-order valence-electron chi connectivity index (χ0n) is 14.6. The number of carbonyl (C=O) groups excluding carboxylic acids is 1. The van der Waals surface area contributed by atoms with E-state index in [1.807, 2.05) is 12.1 Å². The Bertz CT molecular complexity index is 635. The largest absolute Gasteiger partial charge is 1.00 e. The molecule has 0 saturated carbocycles. The average molecular weight is 378 g/mol. The molecule has 1 saturated heterocycles. The number of hydrogen-bond acceptors (Lipinski definition) is 4. The van der Waals surface area contributed by atoms with E-state index in [0.29, 0.717) is 11.1 Å². The van der Waals surface area contributed by atoms with Gasteiger partial charge >= 0.3 is 5.97 Å². The van der Waals surface area contributed by atoms with Crippen LogP contribution in [-0.4, -0.2) is 50.5 Å². The number of hydrogen-bond donors (Lipinski definition) is 2. The molecule has 2 aromatic carbocycles. The predicted octanol–water partition coefficient (Wildman–Crippen LogP) is -2.62. The molecule has 0 amide bonds. The topological polar surface area (TPSA) is 60.2 Å². The lowest BCUT2D eigenvalue weighted by molar-refractivity contribution is -0.908. The molecule has 140 valence electrons. The standard InChI is InChI=1S/C20H23NO4.ClH/c22-19(25-16-13-21-11-14-24-15-12-21)20(23,17-7-3-1-4-8-17)18-9-5-2-6-10-18;/h1-10,23H,11-16H2;1H. The Morgan fingerprint density at radius 1 is 1.00 bits per heavy atom. The smallest absolute Gasteiger partial charge is 0.347 e. The maximum Gasteiger partial charge on any atom is 0.347 e. The number of halogens is 1. The molecule has 0 aromatic heterocycles. The highest BCUT2D eigenvalue weighted by Gasteiger charge is 2.41. The normalized spacial score (nSPS) is 15.1. The minimum Gasteiger partial charge on any atom is -1.00 e. The molecular weight excluding hydrogens is 354 g/mol. The molecule has 6 heteroatoms. The molecule has 1 heterocycles. The van der Waals surface area contributed by atoms with Crippen LogP contribution >= 0.6 is 0 Å². The van der Waals surface area contributed by atoms with Crippen LogP contribution in [-0.2, 0) is 19.9 Å². The SMILES string of the molecule is O=C(OCC[NH+]1CCOCC1)C(O)(c1ccccc1)c1ccccc1.[Cl-]. The summed E-state index contributed by atoms with van der Waals surface area (Å²) in [4.78, 5) is 14.2. The summed E-state index contributed by atoms with van der Waals surface area (Å²) in [6.07, 6.45) is 0. The van der Waals surface area contributed by atoms with E-state index in [0.717, 1.165) is 32.8 Å². The summed E-state index contributed by atoms with van der Waals surface area (Å²) in [5, 5.41) is 11.3. The molecule has 0 atom stereocenters. The summed E-state index contributed by atoms with van der Waals surface area (Å²) in [6, 6.07) is 17.8. The molecule has 0 radical (unpaired) electrons. The summed E-state index contributed by atoms with van der Waals surface area (Å²) >= 11 is 0. The van der Waals surface area contributed by atoms with E-state index >= 15 is 0 Å². The molecule has 0 unspecified atom stereocenters. The van der Waals surface area contributed by atoms with Gasteiger partial charge in [-0.2, -0.15) is 0 Å². The highest BCUT2D eigenvalue weighted by molar-refractivity contribution is 5.85. The fraction of sp³-hybridized carbons (Fsp3) is 0.350. The Labute approximate surface area is 159 Å². The van der Waals surface area contributed by atoms with Gasteiger partial charge < -0.3 is 31.9 Å². The van der Waals surface area contributed by atoms with E-state index < -0.39 is 11.6 Å². The van der Waals surface area contributed by atoms with Crippen molar-refractivity contribution in [2.75, 3.05) is 39.5 Å². The van der Waals surface area contributed by atoms with Gasteiger partial charge in [0.25, 0.3) is 0 Å². The van der Waals surface area contributed by atoms with Crippen molar-refractivity contribution >= 4 is 5.97 Å². The van der Waals surface area contributed by atoms with Crippen LogP contribution in [0.15, 0.2) is 60.7 Å². The molecule has 2 aromatic rings. The van der Waals surface area contributed by atoms with Crippen LogP contribution < -0.4 is 17.3 Å². The Balaban J connectivity index is 0.00000243. The predicted molar refractivity (Wildman–Crippen MR) is 93.2 cm³/mol. The fourth-order valence-corrected chi connectivity index (χ4v) is 3.06. The molecule has 26 heavy (non-hydrogen) atoms. The molecule has 1 aliphatic rings. The molecule has 0 bridgehead atoms. The van der Waals surface area contributed by atoms with Crippen LogP contribution in [0.5, 0.6) is 0 Å². The number of nitrogens with one attached hydrogen (secondary N) is 1. The molecule has 1 aliphatic heterocycles. The lowest BCUT2D eigenvalue weighted by Crippen LogP contribution is -3.14. The molecule has 0 aliphatic carbocycles. The van der Waals surface area contributed by atoms with Crippen LogP contribution in [0.3, 0.4) is 0 Å². The second-order valence-corrected chi connectivity index (χ2v) is 6.19. The zero-order valence-corrected chi connectivity index (χ0v) is 15.3. The quantitative estimate of drug-likeness (QED) is 0.541. The van der Waals surface area contributed by atoms with Gasteiger partial charge in [-0.3, -0.25) is 0 Å². The Morgan fingerprint density at radius 3 is 2.00 bits per heavy atom. The van der Waals surface area contributed by atoms with Crippen LogP contribution in [0.25, 0.3) is 0 Å². The number of quaternary nitrogens is 1. The minimum absolute atomic E-state index is 0. The van der Waals surface area contributed by atoms with Crippen LogP contribution in [0, 0.1) is 0 Å². The number of benzene rings is 2. The van der Waals surface area contributed by atoms with Gasteiger partial charge in [-0.05, 0) is 11.1 Å². The second-order valence-electron chi connectivity index (χ2n) is 6.19. The van der Waals surface area contributed by atoms with Crippen LogP contribution in [0.2, 0.25) is 0 Å². The van der Waals surface area contributed by atoms with Crippen molar-refractivity contribution in [3.8, 4) is 0 Å². The zero-order chi connectivity index (χ0) is 17.5. The van der Waals surface area contributed by atoms with E-state index in [9.17, 15) is 9.90 Å². The maximum absolute atomic E-state index is 12.8. The van der Waals surface area contributed by atoms with Crippen LogP contribution in [0.1, 0.15) is 11.1 Å². The van der Waals surface area contributed by atoms with Crippen molar-refractivity contribution < 1.29 is 36.7 Å². The van der Waals surface area contributed by atoms with Gasteiger partial charge in [-0.1, -0.05) is 60.7 Å². The Hall–Kier alpha value is -1.92. The number of esters is 1. The number of morpholine rings is 1. The number of aliphatic hydroxyl groups is 1. The lowest BCUT2D eigenvalue weighted by Gasteiger charge is -2.28. The van der Waals surface area contributed by atoms with Crippen molar-refractivity contribution in [1.29, 1.82) is 0 Å². The highest BCUT2D eigenvalue weighted by Crippen LogP contribution is 2.30. The fourth-order valence-electron chi connectivity index (χ4n) is 3.06. The lowest BCUT2D eigenvalue weighted by atomic mass is 9.86. The number of ether oxygens (including phenoxy) is 2. The first-order chi connectivity index (χ1) is 12.2. The molecule has 1 fully saturated rings. The maximum atomic E-state index is 12.8. The van der Waals surface area contributed by atoms with Crippen molar-refractivity contribution in [2.24, 2.45) is 0 Å². The van der Waals surface area contributed by atoms with E-state index in [1.54, 1.807) is 48.5 Å². The first kappa shape index (κ1) is 20.4. The monoisotopic (exact) mass is 377 g/mol. The number of carbonyl (C=O) groups is 1. The van der Waals surface area contributed by atoms with E-state index in [4.69, 9.17) is 9.47 Å². The third-order valence-electron chi connectivity index (χ3n) is 4.57. The summed E-state index contributed by atoms with van der Waals surface area (Å²) in [7, 11) is 0. The molecular formula is C20H24ClNO4. The van der Waals surface area contributed by atoms with Gasteiger partial charge in [0, 0.05) is 0 Å². The summed E-state index contributed by atoms with van der Waals surface area (Å²) in [6.45, 7) is 4.30. The van der Waals surface area contributed by atoms with Gasteiger partial charge in [0.1, 0.15) is 26.2 Å². The van der Waals surface area contributed by atoms with E-state index in [2.05, 4.69) is 0 Å². The van der Waals surface area contributed by atoms with E-state index in [-0.39, 0.29) is 19.0 Å². The third-order valence-corrected chi connectivity index (χ3v) is 4.57. The molecule has 0 spiro atoms. The molecule has 3 rings (SSSR count). The number of rotatable bonds is 6. The summed E-state index contributed by atoms with van der Waals surface area (Å²) in [5.74, 6) is -0.641.